The van der Waals surface area contributed by atoms with Crippen molar-refractivity contribution in [3.8, 4) is 0 Å². The third-order valence-corrected chi connectivity index (χ3v) is 7.78. The third-order valence-electron chi connectivity index (χ3n) is 6.59. The van der Waals surface area contributed by atoms with Gasteiger partial charge in [0.05, 0.1) is 12.8 Å². The molecule has 6 nitrogen and oxygen atoms in total. The standard InChI is InChI=1S/C27H31ClN4O2S/c28-21-9-6-20(7-10-21)8-11-27(34)32(16-14-30-15-17-32)25-5-1-4-24(23(25)19-26(29)33)31-13-12-22-3-2-18-35-22/h1-7,9-10,18,30-31H,8,11-17,19H2,(H-,29,33)/p+1. The van der Waals surface area contributed by atoms with Crippen molar-refractivity contribution in [1.29, 1.82) is 0 Å². The zero-order chi connectivity index (χ0) is 24.7. The highest BCUT2D eigenvalue weighted by molar-refractivity contribution is 7.09. The van der Waals surface area contributed by atoms with Crippen LogP contribution in [0.5, 0.6) is 0 Å². The van der Waals surface area contributed by atoms with E-state index in [0.717, 1.165) is 48.6 Å². The van der Waals surface area contributed by atoms with Gasteiger partial charge in [0.25, 0.3) is 0 Å². The number of benzene rings is 2. The number of hydrogen-bond donors (Lipinski definition) is 3. The Morgan fingerprint density at radius 2 is 1.80 bits per heavy atom. The predicted molar refractivity (Wildman–Crippen MR) is 145 cm³/mol. The van der Waals surface area contributed by atoms with Gasteiger partial charge in [-0.3, -0.25) is 4.79 Å². The minimum atomic E-state index is -0.402. The highest BCUT2D eigenvalue weighted by Crippen LogP contribution is 2.35. The number of hydrogen-bond acceptors (Lipinski definition) is 5. The van der Waals surface area contributed by atoms with Crippen LogP contribution in [0.25, 0.3) is 0 Å². The first-order chi connectivity index (χ1) is 17.0. The maximum atomic E-state index is 13.9. The molecule has 2 amide bonds. The Morgan fingerprint density at radius 1 is 1.03 bits per heavy atom. The number of halogens is 1. The molecule has 2 aromatic carbocycles. The SMILES string of the molecule is NC(=O)Cc1c(NCCc2cccs2)cccc1[N+]1(C(=O)CCc2ccc(Cl)cc2)CCNCC1. The van der Waals surface area contributed by atoms with Crippen molar-refractivity contribution in [3.63, 3.8) is 0 Å². The summed E-state index contributed by atoms with van der Waals surface area (Å²) in [7, 11) is 0. The molecule has 1 aliphatic heterocycles. The van der Waals surface area contributed by atoms with E-state index in [-0.39, 0.29) is 16.8 Å². The number of piperazine rings is 1. The molecule has 2 heterocycles. The van der Waals surface area contributed by atoms with Crippen molar-refractivity contribution >= 4 is 46.1 Å². The average molecular weight is 512 g/mol. The smallest absolute Gasteiger partial charge is 0.319 e. The number of carbonyl (C=O) groups is 2. The Labute approximate surface area is 215 Å². The van der Waals surface area contributed by atoms with Crippen LogP contribution in [0.2, 0.25) is 5.02 Å². The van der Waals surface area contributed by atoms with Gasteiger partial charge in [0.15, 0.2) is 0 Å². The minimum absolute atomic E-state index is 0.0927. The van der Waals surface area contributed by atoms with E-state index < -0.39 is 5.91 Å². The van der Waals surface area contributed by atoms with E-state index in [0.29, 0.717) is 31.0 Å². The van der Waals surface area contributed by atoms with E-state index in [4.69, 9.17) is 17.3 Å². The van der Waals surface area contributed by atoms with Crippen LogP contribution in [0.1, 0.15) is 22.4 Å². The van der Waals surface area contributed by atoms with Gasteiger partial charge in [0.1, 0.15) is 18.8 Å². The lowest BCUT2D eigenvalue weighted by Crippen LogP contribution is -2.63. The summed E-state index contributed by atoms with van der Waals surface area (Å²) in [5, 5.41) is 9.64. The highest BCUT2D eigenvalue weighted by Gasteiger charge is 2.42. The molecule has 0 saturated carbocycles. The van der Waals surface area contributed by atoms with E-state index in [1.54, 1.807) is 11.3 Å². The number of nitrogens with two attached hydrogens (primary N) is 1. The molecular formula is C27H32ClN4O2S+. The van der Waals surface area contributed by atoms with Gasteiger partial charge in [-0.1, -0.05) is 35.9 Å². The molecule has 0 unspecified atom stereocenters. The number of thiophene rings is 1. The van der Waals surface area contributed by atoms with Crippen LogP contribution in [-0.4, -0.2) is 44.5 Å². The van der Waals surface area contributed by atoms with E-state index >= 15 is 0 Å². The number of anilines is 1. The molecule has 0 atom stereocenters. The van der Waals surface area contributed by atoms with Crippen LogP contribution >= 0.6 is 22.9 Å². The number of nitrogens with zero attached hydrogens (tertiary/aromatic N) is 1. The second-order valence-electron chi connectivity index (χ2n) is 8.89. The molecule has 184 valence electrons. The molecular weight excluding hydrogens is 480 g/mol. The van der Waals surface area contributed by atoms with Crippen LogP contribution < -0.4 is 20.9 Å². The monoisotopic (exact) mass is 511 g/mol. The molecule has 1 fully saturated rings. The molecule has 3 aromatic rings. The summed E-state index contributed by atoms with van der Waals surface area (Å²) in [6.45, 7) is 3.49. The second kappa shape index (κ2) is 11.8. The molecule has 0 aliphatic carbocycles. The molecule has 8 heteroatoms. The second-order valence-corrected chi connectivity index (χ2v) is 10.4. The number of amides is 2. The van der Waals surface area contributed by atoms with Crippen molar-refractivity contribution in [3.05, 3.63) is 81.0 Å². The Bertz CT molecular complexity index is 1140. The lowest BCUT2D eigenvalue weighted by atomic mass is 10.0. The van der Waals surface area contributed by atoms with Gasteiger partial charge in [-0.15, -0.1) is 11.3 Å². The van der Waals surface area contributed by atoms with Crippen molar-refractivity contribution in [2.24, 2.45) is 5.73 Å². The Hall–Kier alpha value is -2.71. The number of quaternary nitrogens is 1. The van der Waals surface area contributed by atoms with Crippen LogP contribution in [0.3, 0.4) is 0 Å². The average Bonchev–Trinajstić information content (AvgIpc) is 3.38. The molecule has 0 bridgehead atoms. The fourth-order valence-electron chi connectivity index (χ4n) is 4.79. The number of primary amides is 1. The van der Waals surface area contributed by atoms with Crippen molar-refractivity contribution < 1.29 is 9.59 Å². The Morgan fingerprint density at radius 3 is 2.49 bits per heavy atom. The Balaban J connectivity index is 1.62. The van der Waals surface area contributed by atoms with Crippen LogP contribution in [0.15, 0.2) is 60.0 Å². The van der Waals surface area contributed by atoms with Gasteiger partial charge in [-0.2, -0.15) is 0 Å². The van der Waals surface area contributed by atoms with Crippen molar-refractivity contribution in [2.75, 3.05) is 38.0 Å². The lowest BCUT2D eigenvalue weighted by Gasteiger charge is -2.40. The van der Waals surface area contributed by atoms with Gasteiger partial charge in [-0.05, 0) is 48.1 Å². The molecule has 0 spiro atoms. The maximum absolute atomic E-state index is 13.9. The molecule has 4 rings (SSSR count). The van der Waals surface area contributed by atoms with Gasteiger partial charge >= 0.3 is 5.91 Å². The Kier molecular flexibility index (Phi) is 8.57. The lowest BCUT2D eigenvalue weighted by molar-refractivity contribution is -0.131. The third kappa shape index (κ3) is 6.30. The van der Waals surface area contributed by atoms with Crippen LogP contribution in [0.4, 0.5) is 11.4 Å². The molecule has 35 heavy (non-hydrogen) atoms. The summed E-state index contributed by atoms with van der Waals surface area (Å²) < 4.78 is 0.226. The van der Waals surface area contributed by atoms with Crippen LogP contribution in [0, 0.1) is 0 Å². The van der Waals surface area contributed by atoms with Gasteiger partial charge < -0.3 is 16.4 Å². The minimum Gasteiger partial charge on any atom is -0.384 e. The first kappa shape index (κ1) is 25.4. The fourth-order valence-corrected chi connectivity index (χ4v) is 5.63. The summed E-state index contributed by atoms with van der Waals surface area (Å²) in [4.78, 5) is 27.3. The summed E-state index contributed by atoms with van der Waals surface area (Å²) >= 11 is 7.75. The maximum Gasteiger partial charge on any atom is 0.319 e. The van der Waals surface area contributed by atoms with E-state index in [1.807, 2.05) is 48.5 Å². The molecule has 4 N–H and O–H groups in total. The van der Waals surface area contributed by atoms with Crippen molar-refractivity contribution in [1.82, 2.24) is 9.80 Å². The highest BCUT2D eigenvalue weighted by atomic mass is 35.5. The van der Waals surface area contributed by atoms with Crippen molar-refractivity contribution in [2.45, 2.75) is 25.7 Å². The number of aryl methyl sites for hydroxylation is 1. The first-order valence-corrected chi connectivity index (χ1v) is 13.3. The first-order valence-electron chi connectivity index (χ1n) is 12.0. The van der Waals surface area contributed by atoms with E-state index in [9.17, 15) is 9.59 Å². The molecule has 1 saturated heterocycles. The van der Waals surface area contributed by atoms with Gasteiger partial charge in [-0.25, -0.2) is 9.28 Å². The topological polar surface area (TPSA) is 84.2 Å². The van der Waals surface area contributed by atoms with Gasteiger partial charge in [0, 0.05) is 46.9 Å². The molecule has 0 radical (unpaired) electrons. The van der Waals surface area contributed by atoms with Gasteiger partial charge in [0.2, 0.25) is 5.91 Å². The molecule has 1 aliphatic rings. The summed E-state index contributed by atoms with van der Waals surface area (Å²) in [6.07, 6.45) is 2.04. The molecule has 1 aromatic heterocycles. The zero-order valence-electron chi connectivity index (χ0n) is 19.8. The van der Waals surface area contributed by atoms with E-state index in [2.05, 4.69) is 22.1 Å². The van der Waals surface area contributed by atoms with Crippen LogP contribution in [-0.2, 0) is 28.9 Å². The predicted octanol–water partition coefficient (Wildman–Crippen LogP) is 4.15. The largest absolute Gasteiger partial charge is 0.384 e. The van der Waals surface area contributed by atoms with E-state index in [1.165, 1.54) is 4.88 Å². The summed E-state index contributed by atoms with van der Waals surface area (Å²) in [5.41, 5.74) is 9.35. The normalized spacial score (nSPS) is 15.0. The number of carbonyl (C=O) groups excluding carboxylic acids is 2. The summed E-state index contributed by atoms with van der Waals surface area (Å²) in [6, 6.07) is 17.8. The number of rotatable bonds is 10. The fraction of sp³-hybridized carbons (Fsp3) is 0.333. The number of nitrogens with one attached hydrogen (secondary N) is 2. The quantitative estimate of drug-likeness (QED) is 0.357. The summed E-state index contributed by atoms with van der Waals surface area (Å²) in [5.74, 6) is -0.247. The zero-order valence-corrected chi connectivity index (χ0v) is 21.3.